The van der Waals surface area contributed by atoms with Crippen LogP contribution >= 0.6 is 12.4 Å². The highest BCUT2D eigenvalue weighted by molar-refractivity contribution is 5.85. The monoisotopic (exact) mass is 278 g/mol. The van der Waals surface area contributed by atoms with Gasteiger partial charge in [0.15, 0.2) is 0 Å². The maximum atomic E-state index is 11.8. The molecular weight excluding hydrogens is 256 g/mol. The first-order chi connectivity index (χ1) is 8.08. The van der Waals surface area contributed by atoms with Crippen LogP contribution in [0.25, 0.3) is 0 Å². The van der Waals surface area contributed by atoms with Gasteiger partial charge in [-0.25, -0.2) is 4.79 Å². The molecule has 0 radical (unpaired) electrons. The van der Waals surface area contributed by atoms with Crippen LogP contribution in [0.15, 0.2) is 0 Å². The number of carbonyl (C=O) groups excluding carboxylic acids is 2. The molecule has 18 heavy (non-hydrogen) atoms. The quantitative estimate of drug-likeness (QED) is 0.735. The van der Waals surface area contributed by atoms with E-state index in [4.69, 9.17) is 5.73 Å². The standard InChI is InChI=1S/C12H22N2O3.ClH/c1-3-10(12(16)17-2)14-11(15)7-8-5-4-6-9(8)13;/h8-10H,3-7,13H2,1-2H3,(H,14,15);1H/t8-,9+,10?;/m0./s1. The molecule has 3 N–H and O–H groups in total. The zero-order chi connectivity index (χ0) is 12.8. The van der Waals surface area contributed by atoms with E-state index in [9.17, 15) is 9.59 Å². The Morgan fingerprint density at radius 2 is 2.11 bits per heavy atom. The summed E-state index contributed by atoms with van der Waals surface area (Å²) in [4.78, 5) is 23.1. The molecule has 3 atom stereocenters. The highest BCUT2D eigenvalue weighted by atomic mass is 35.5. The molecule has 6 heteroatoms. The summed E-state index contributed by atoms with van der Waals surface area (Å²) >= 11 is 0. The van der Waals surface area contributed by atoms with Crippen LogP contribution in [0, 0.1) is 5.92 Å². The predicted octanol–water partition coefficient (Wildman–Crippen LogP) is 0.993. The maximum Gasteiger partial charge on any atom is 0.328 e. The van der Waals surface area contributed by atoms with Gasteiger partial charge in [-0.2, -0.15) is 0 Å². The minimum atomic E-state index is -0.537. The number of hydrogen-bond donors (Lipinski definition) is 2. The Morgan fingerprint density at radius 3 is 2.56 bits per heavy atom. The third-order valence-electron chi connectivity index (χ3n) is 3.39. The average Bonchev–Trinajstić information content (AvgIpc) is 2.71. The number of halogens is 1. The first-order valence-electron chi connectivity index (χ1n) is 6.21. The van der Waals surface area contributed by atoms with E-state index in [2.05, 4.69) is 10.1 Å². The number of amides is 1. The van der Waals surface area contributed by atoms with Gasteiger partial charge in [-0.1, -0.05) is 13.3 Å². The maximum absolute atomic E-state index is 11.8. The van der Waals surface area contributed by atoms with Gasteiger partial charge >= 0.3 is 5.97 Å². The Balaban J connectivity index is 0.00000289. The van der Waals surface area contributed by atoms with E-state index in [0.29, 0.717) is 12.8 Å². The van der Waals surface area contributed by atoms with Gasteiger partial charge in [0.25, 0.3) is 0 Å². The number of hydrogen-bond acceptors (Lipinski definition) is 4. The Labute approximate surface area is 114 Å². The van der Waals surface area contributed by atoms with Crippen molar-refractivity contribution in [3.63, 3.8) is 0 Å². The number of nitrogens with two attached hydrogens (primary N) is 1. The highest BCUT2D eigenvalue weighted by Gasteiger charge is 2.27. The first-order valence-corrected chi connectivity index (χ1v) is 6.21. The van der Waals surface area contributed by atoms with Gasteiger partial charge in [-0.3, -0.25) is 4.79 Å². The number of methoxy groups -OCH3 is 1. The summed E-state index contributed by atoms with van der Waals surface area (Å²) in [5, 5.41) is 2.70. The normalized spacial score (nSPS) is 23.9. The lowest BCUT2D eigenvalue weighted by atomic mass is 9.99. The van der Waals surface area contributed by atoms with Crippen molar-refractivity contribution >= 4 is 24.3 Å². The van der Waals surface area contributed by atoms with Crippen LogP contribution in [-0.2, 0) is 14.3 Å². The topological polar surface area (TPSA) is 81.4 Å². The molecule has 0 aromatic rings. The highest BCUT2D eigenvalue weighted by Crippen LogP contribution is 2.26. The Morgan fingerprint density at radius 1 is 1.44 bits per heavy atom. The van der Waals surface area contributed by atoms with Crippen molar-refractivity contribution in [2.45, 2.75) is 51.1 Å². The molecule has 1 unspecified atom stereocenters. The molecular formula is C12H23ClN2O3. The van der Waals surface area contributed by atoms with E-state index < -0.39 is 12.0 Å². The summed E-state index contributed by atoms with van der Waals surface area (Å²) in [6.45, 7) is 1.84. The van der Waals surface area contributed by atoms with Crippen molar-refractivity contribution < 1.29 is 14.3 Å². The summed E-state index contributed by atoms with van der Waals surface area (Å²) < 4.78 is 4.62. The van der Waals surface area contributed by atoms with Crippen molar-refractivity contribution in [1.82, 2.24) is 5.32 Å². The second-order valence-electron chi connectivity index (χ2n) is 4.61. The Hall–Kier alpha value is -0.810. The molecule has 0 aromatic heterocycles. The molecule has 0 aliphatic heterocycles. The number of ether oxygens (including phenoxy) is 1. The van der Waals surface area contributed by atoms with E-state index >= 15 is 0 Å². The zero-order valence-corrected chi connectivity index (χ0v) is 11.8. The fourth-order valence-electron chi connectivity index (χ4n) is 2.28. The van der Waals surface area contributed by atoms with E-state index in [0.717, 1.165) is 19.3 Å². The van der Waals surface area contributed by atoms with E-state index in [1.165, 1.54) is 7.11 Å². The van der Waals surface area contributed by atoms with Crippen molar-refractivity contribution in [2.24, 2.45) is 11.7 Å². The number of nitrogens with one attached hydrogen (secondary N) is 1. The molecule has 1 saturated carbocycles. The molecule has 1 fully saturated rings. The third kappa shape index (κ3) is 4.82. The number of carbonyl (C=O) groups is 2. The number of rotatable bonds is 5. The minimum Gasteiger partial charge on any atom is -0.467 e. The summed E-state index contributed by atoms with van der Waals surface area (Å²) in [6, 6.07) is -0.413. The Bertz CT molecular complexity index is 286. The van der Waals surface area contributed by atoms with E-state index in [1.54, 1.807) is 0 Å². The average molecular weight is 279 g/mol. The molecule has 0 spiro atoms. The lowest BCUT2D eigenvalue weighted by Gasteiger charge is -2.18. The first kappa shape index (κ1) is 17.2. The van der Waals surface area contributed by atoms with Crippen LogP contribution in [0.2, 0.25) is 0 Å². The zero-order valence-electron chi connectivity index (χ0n) is 11.0. The molecule has 0 aromatic carbocycles. The number of esters is 1. The molecule has 106 valence electrons. The smallest absolute Gasteiger partial charge is 0.328 e. The van der Waals surface area contributed by atoms with Gasteiger partial charge in [0.2, 0.25) is 5.91 Å². The van der Waals surface area contributed by atoms with Gasteiger partial charge in [-0.05, 0) is 25.2 Å². The van der Waals surface area contributed by atoms with Crippen molar-refractivity contribution in [3.8, 4) is 0 Å². The summed E-state index contributed by atoms with van der Waals surface area (Å²) in [5.74, 6) is -0.244. The Kier molecular flexibility index (Phi) is 7.95. The minimum absolute atomic E-state index is 0. The summed E-state index contributed by atoms with van der Waals surface area (Å²) in [5.41, 5.74) is 5.90. The molecule has 0 bridgehead atoms. The second kappa shape index (κ2) is 8.32. The van der Waals surface area contributed by atoms with Gasteiger partial charge in [0.05, 0.1) is 7.11 Å². The van der Waals surface area contributed by atoms with Gasteiger partial charge in [0.1, 0.15) is 6.04 Å². The van der Waals surface area contributed by atoms with Gasteiger partial charge < -0.3 is 15.8 Å². The van der Waals surface area contributed by atoms with Crippen LogP contribution < -0.4 is 11.1 Å². The van der Waals surface area contributed by atoms with Crippen LogP contribution in [0.4, 0.5) is 0 Å². The van der Waals surface area contributed by atoms with Gasteiger partial charge in [-0.15, -0.1) is 12.4 Å². The second-order valence-corrected chi connectivity index (χ2v) is 4.61. The van der Waals surface area contributed by atoms with Gasteiger partial charge in [0, 0.05) is 12.5 Å². The fraction of sp³-hybridized carbons (Fsp3) is 0.833. The predicted molar refractivity (Wildman–Crippen MR) is 71.4 cm³/mol. The summed E-state index contributed by atoms with van der Waals surface area (Å²) in [7, 11) is 1.32. The van der Waals surface area contributed by atoms with E-state index in [1.807, 2.05) is 6.92 Å². The molecule has 1 rings (SSSR count). The lowest BCUT2D eigenvalue weighted by Crippen LogP contribution is -2.42. The van der Waals surface area contributed by atoms with Crippen LogP contribution in [-0.4, -0.2) is 31.1 Å². The largest absolute Gasteiger partial charge is 0.467 e. The third-order valence-corrected chi connectivity index (χ3v) is 3.39. The molecule has 1 amide bonds. The SMILES string of the molecule is CCC(NC(=O)C[C@@H]1CCC[C@H]1N)C(=O)OC.Cl. The molecule has 5 nitrogen and oxygen atoms in total. The summed E-state index contributed by atoms with van der Waals surface area (Å²) in [6.07, 6.45) is 4.03. The fourth-order valence-corrected chi connectivity index (χ4v) is 2.28. The molecule has 0 heterocycles. The molecule has 1 aliphatic rings. The molecule has 1 aliphatic carbocycles. The van der Waals surface area contributed by atoms with Crippen LogP contribution in [0.3, 0.4) is 0 Å². The molecule has 0 saturated heterocycles. The van der Waals surface area contributed by atoms with Crippen LogP contribution in [0.5, 0.6) is 0 Å². The van der Waals surface area contributed by atoms with Crippen molar-refractivity contribution in [2.75, 3.05) is 7.11 Å². The van der Waals surface area contributed by atoms with E-state index in [-0.39, 0.29) is 30.3 Å². The van der Waals surface area contributed by atoms with Crippen molar-refractivity contribution in [3.05, 3.63) is 0 Å². The van der Waals surface area contributed by atoms with Crippen LogP contribution in [0.1, 0.15) is 39.0 Å². The lowest BCUT2D eigenvalue weighted by molar-refractivity contribution is -0.145. The van der Waals surface area contributed by atoms with Crippen molar-refractivity contribution in [1.29, 1.82) is 0 Å².